The number of piperidine rings is 1. The van der Waals surface area contributed by atoms with Crippen LogP contribution in [-0.2, 0) is 4.79 Å². The van der Waals surface area contributed by atoms with Crippen LogP contribution in [0.3, 0.4) is 0 Å². The molecule has 9 heteroatoms. The van der Waals surface area contributed by atoms with Crippen LogP contribution in [0.25, 0.3) is 0 Å². The first-order valence-electron chi connectivity index (χ1n) is 6.67. The average Bonchev–Trinajstić information content (AvgIpc) is 2.49. The molecule has 2 rings (SSSR count). The number of urea groups is 1. The van der Waals surface area contributed by atoms with Crippen molar-refractivity contribution in [3.05, 3.63) is 34.1 Å². The van der Waals surface area contributed by atoms with Crippen molar-refractivity contribution in [3.63, 3.8) is 0 Å². The van der Waals surface area contributed by atoms with Gasteiger partial charge >= 0.3 is 11.7 Å². The highest BCUT2D eigenvalue weighted by Gasteiger charge is 2.27. The number of carbonyl (C=O) groups excluding carboxylic acids is 2. The molecule has 1 fully saturated rings. The van der Waals surface area contributed by atoms with E-state index in [1.54, 1.807) is 0 Å². The molecule has 1 aliphatic rings. The lowest BCUT2D eigenvalue weighted by Crippen LogP contribution is -2.46. The number of carbonyl (C=O) groups is 2. The van der Waals surface area contributed by atoms with E-state index in [-0.39, 0.29) is 18.1 Å². The van der Waals surface area contributed by atoms with Gasteiger partial charge in [-0.25, -0.2) is 4.79 Å². The van der Waals surface area contributed by atoms with Crippen molar-refractivity contribution in [2.24, 2.45) is 11.7 Å². The van der Waals surface area contributed by atoms with E-state index in [9.17, 15) is 24.1 Å². The number of nitrogens with one attached hydrogen (secondary N) is 1. The normalized spacial score (nSPS) is 17.9. The van der Waals surface area contributed by atoms with E-state index in [0.717, 1.165) is 12.1 Å². The molecule has 1 aromatic carbocycles. The second-order valence-corrected chi connectivity index (χ2v) is 5.04. The lowest BCUT2D eigenvalue weighted by molar-refractivity contribution is -0.387. The Hall–Kier alpha value is -2.71. The van der Waals surface area contributed by atoms with Crippen LogP contribution in [0, 0.1) is 21.8 Å². The largest absolute Gasteiger partial charge is 0.351 e. The van der Waals surface area contributed by atoms with Crippen molar-refractivity contribution in [1.82, 2.24) is 4.90 Å². The summed E-state index contributed by atoms with van der Waals surface area (Å²) < 4.78 is 13.2. The van der Waals surface area contributed by atoms with Gasteiger partial charge in [0, 0.05) is 24.8 Å². The number of rotatable bonds is 3. The molecule has 0 spiro atoms. The van der Waals surface area contributed by atoms with E-state index in [1.165, 1.54) is 11.0 Å². The zero-order chi connectivity index (χ0) is 16.3. The van der Waals surface area contributed by atoms with Crippen molar-refractivity contribution in [1.29, 1.82) is 0 Å². The molecule has 1 aromatic rings. The third-order valence-electron chi connectivity index (χ3n) is 3.51. The second-order valence-electron chi connectivity index (χ2n) is 5.04. The number of nitro groups is 1. The average molecular weight is 310 g/mol. The summed E-state index contributed by atoms with van der Waals surface area (Å²) in [6.07, 6.45) is 1.23. The number of hydrogen-bond donors (Lipinski definition) is 2. The van der Waals surface area contributed by atoms with Gasteiger partial charge in [0.15, 0.2) is 0 Å². The quantitative estimate of drug-likeness (QED) is 0.649. The Kier molecular flexibility index (Phi) is 4.54. The van der Waals surface area contributed by atoms with E-state index in [4.69, 9.17) is 5.73 Å². The number of amides is 3. The highest BCUT2D eigenvalue weighted by molar-refractivity contribution is 5.93. The van der Waals surface area contributed by atoms with E-state index >= 15 is 0 Å². The van der Waals surface area contributed by atoms with Crippen molar-refractivity contribution in [3.8, 4) is 0 Å². The number of nitro benzene ring substituents is 1. The summed E-state index contributed by atoms with van der Waals surface area (Å²) in [5, 5.41) is 13.2. The Labute approximate surface area is 125 Å². The fourth-order valence-electron chi connectivity index (χ4n) is 2.37. The topological polar surface area (TPSA) is 119 Å². The smallest absolute Gasteiger partial charge is 0.314 e. The molecule has 8 nitrogen and oxygen atoms in total. The zero-order valence-corrected chi connectivity index (χ0v) is 11.6. The number of anilines is 1. The number of likely N-dealkylation sites (tertiary alicyclic amines) is 1. The van der Waals surface area contributed by atoms with Gasteiger partial charge in [0.05, 0.1) is 10.8 Å². The molecule has 1 aliphatic heterocycles. The monoisotopic (exact) mass is 310 g/mol. The molecule has 0 saturated carbocycles. The Morgan fingerprint density at radius 1 is 1.45 bits per heavy atom. The first-order valence-corrected chi connectivity index (χ1v) is 6.67. The Morgan fingerprint density at radius 3 is 2.82 bits per heavy atom. The Bertz CT molecular complexity index is 622. The van der Waals surface area contributed by atoms with Gasteiger partial charge in [0.25, 0.3) is 0 Å². The number of benzene rings is 1. The summed E-state index contributed by atoms with van der Waals surface area (Å²) in [5.74, 6) is -1.81. The third-order valence-corrected chi connectivity index (χ3v) is 3.51. The molecule has 1 atom stereocenters. The number of hydrogen-bond acceptors (Lipinski definition) is 4. The molecule has 1 saturated heterocycles. The van der Waals surface area contributed by atoms with E-state index in [1.807, 2.05) is 0 Å². The summed E-state index contributed by atoms with van der Waals surface area (Å²) in [7, 11) is 0. The van der Waals surface area contributed by atoms with Crippen molar-refractivity contribution >= 4 is 23.3 Å². The predicted octanol–water partition coefficient (Wildman–Crippen LogP) is 1.46. The SMILES string of the molecule is NC(=O)N1CCC[C@H](C(=O)Nc2ccc(F)c([N+](=O)[O-])c2)C1. The summed E-state index contributed by atoms with van der Waals surface area (Å²) in [5.41, 5.74) is 4.62. The minimum Gasteiger partial charge on any atom is -0.351 e. The first kappa shape index (κ1) is 15.7. The van der Waals surface area contributed by atoms with Gasteiger partial charge in [-0.1, -0.05) is 0 Å². The zero-order valence-electron chi connectivity index (χ0n) is 11.6. The molecular formula is C13H15FN4O4. The maximum atomic E-state index is 13.2. The van der Waals surface area contributed by atoms with Gasteiger partial charge in [-0.15, -0.1) is 0 Å². The van der Waals surface area contributed by atoms with E-state index < -0.39 is 28.4 Å². The van der Waals surface area contributed by atoms with Crippen LogP contribution >= 0.6 is 0 Å². The van der Waals surface area contributed by atoms with Crippen LogP contribution in [-0.4, -0.2) is 34.9 Å². The molecule has 0 aliphatic carbocycles. The second kappa shape index (κ2) is 6.37. The molecule has 0 unspecified atom stereocenters. The summed E-state index contributed by atoms with van der Waals surface area (Å²) in [6, 6.07) is 2.54. The van der Waals surface area contributed by atoms with Gasteiger partial charge in [-0.05, 0) is 25.0 Å². The van der Waals surface area contributed by atoms with E-state index in [0.29, 0.717) is 19.4 Å². The van der Waals surface area contributed by atoms with Crippen LogP contribution in [0.1, 0.15) is 12.8 Å². The molecule has 0 bridgehead atoms. The van der Waals surface area contributed by atoms with Crippen LogP contribution < -0.4 is 11.1 Å². The molecule has 118 valence electrons. The maximum Gasteiger partial charge on any atom is 0.314 e. The fourth-order valence-corrected chi connectivity index (χ4v) is 2.37. The molecule has 22 heavy (non-hydrogen) atoms. The predicted molar refractivity (Wildman–Crippen MR) is 75.6 cm³/mol. The van der Waals surface area contributed by atoms with E-state index in [2.05, 4.69) is 5.32 Å². The summed E-state index contributed by atoms with van der Waals surface area (Å²) in [6.45, 7) is 0.700. The minimum absolute atomic E-state index is 0.134. The third kappa shape index (κ3) is 3.48. The van der Waals surface area contributed by atoms with Gasteiger partial charge in [0.2, 0.25) is 11.7 Å². The highest BCUT2D eigenvalue weighted by Crippen LogP contribution is 2.23. The van der Waals surface area contributed by atoms with Crippen molar-refractivity contribution in [2.75, 3.05) is 18.4 Å². The molecule has 1 heterocycles. The van der Waals surface area contributed by atoms with Gasteiger partial charge in [-0.3, -0.25) is 14.9 Å². The van der Waals surface area contributed by atoms with Crippen LogP contribution in [0.2, 0.25) is 0 Å². The van der Waals surface area contributed by atoms with Crippen LogP contribution in [0.5, 0.6) is 0 Å². The molecule has 0 radical (unpaired) electrons. The van der Waals surface area contributed by atoms with Crippen LogP contribution in [0.15, 0.2) is 18.2 Å². The Balaban J connectivity index is 2.07. The standard InChI is InChI=1S/C13H15FN4O4/c14-10-4-3-9(6-11(10)18(21)22)16-12(19)8-2-1-5-17(7-8)13(15)20/h3-4,6,8H,1-2,5,7H2,(H2,15,20)(H,16,19)/t8-/m0/s1. The van der Waals surface area contributed by atoms with Crippen molar-refractivity contribution < 1.29 is 18.9 Å². The van der Waals surface area contributed by atoms with Crippen LogP contribution in [0.4, 0.5) is 20.6 Å². The van der Waals surface area contributed by atoms with Gasteiger partial charge in [-0.2, -0.15) is 4.39 Å². The minimum atomic E-state index is -0.972. The molecule has 3 N–H and O–H groups in total. The lowest BCUT2D eigenvalue weighted by Gasteiger charge is -2.30. The van der Waals surface area contributed by atoms with Crippen molar-refractivity contribution in [2.45, 2.75) is 12.8 Å². The fraction of sp³-hybridized carbons (Fsp3) is 0.385. The number of primary amides is 1. The summed E-state index contributed by atoms with van der Waals surface area (Å²) >= 11 is 0. The molecule has 3 amide bonds. The van der Waals surface area contributed by atoms with Gasteiger partial charge in [0.1, 0.15) is 0 Å². The number of halogens is 1. The highest BCUT2D eigenvalue weighted by atomic mass is 19.1. The lowest BCUT2D eigenvalue weighted by atomic mass is 9.97. The van der Waals surface area contributed by atoms with Gasteiger partial charge < -0.3 is 16.0 Å². The maximum absolute atomic E-state index is 13.2. The Morgan fingerprint density at radius 2 is 2.18 bits per heavy atom. The first-order chi connectivity index (χ1) is 10.4. The molecular weight excluding hydrogens is 295 g/mol. The summed E-state index contributed by atoms with van der Waals surface area (Å²) in [4.78, 5) is 34.5. The molecule has 0 aromatic heterocycles. The number of nitrogens with zero attached hydrogens (tertiary/aromatic N) is 2. The number of nitrogens with two attached hydrogens (primary N) is 1.